The molecule has 0 amide bonds. The number of aromatic nitrogens is 3. The topological polar surface area (TPSA) is 30.7 Å². The summed E-state index contributed by atoms with van der Waals surface area (Å²) in [5.74, 6) is 0.399. The fourth-order valence-electron chi connectivity index (χ4n) is 1.28. The van der Waals surface area contributed by atoms with E-state index in [2.05, 4.69) is 16.4 Å². The van der Waals surface area contributed by atoms with Crippen LogP contribution in [0.1, 0.15) is 12.7 Å². The van der Waals surface area contributed by atoms with Crippen molar-refractivity contribution in [2.75, 3.05) is 0 Å². The molecular formula is C10H9FKN3. The van der Waals surface area contributed by atoms with E-state index in [1.165, 1.54) is 10.7 Å². The van der Waals surface area contributed by atoms with Crippen LogP contribution in [0.4, 0.5) is 4.39 Å². The van der Waals surface area contributed by atoms with Gasteiger partial charge in [0.1, 0.15) is 5.82 Å². The maximum Gasteiger partial charge on any atom is 1.00 e. The van der Waals surface area contributed by atoms with Crippen LogP contribution in [0.3, 0.4) is 0 Å². The maximum absolute atomic E-state index is 13.4. The van der Waals surface area contributed by atoms with Gasteiger partial charge in [-0.2, -0.15) is 0 Å². The van der Waals surface area contributed by atoms with Crippen molar-refractivity contribution in [3.8, 4) is 5.69 Å². The molecule has 0 radical (unpaired) electrons. The monoisotopic (exact) mass is 229 g/mol. The van der Waals surface area contributed by atoms with Crippen molar-refractivity contribution in [2.45, 2.75) is 13.3 Å². The van der Waals surface area contributed by atoms with Crippen LogP contribution in [0.15, 0.2) is 24.3 Å². The molecule has 2 aromatic rings. The zero-order valence-corrected chi connectivity index (χ0v) is 11.9. The second-order valence-corrected chi connectivity index (χ2v) is 2.84. The minimum Gasteiger partial charge on any atom is -0.417 e. The van der Waals surface area contributed by atoms with E-state index in [0.29, 0.717) is 17.9 Å². The summed E-state index contributed by atoms with van der Waals surface area (Å²) in [7, 11) is 0. The van der Waals surface area contributed by atoms with Gasteiger partial charge in [-0.1, -0.05) is 25.5 Å². The first-order valence-corrected chi connectivity index (χ1v) is 4.40. The quantitative estimate of drug-likeness (QED) is 0.477. The first-order valence-electron chi connectivity index (χ1n) is 4.40. The van der Waals surface area contributed by atoms with Crippen molar-refractivity contribution in [3.05, 3.63) is 42.2 Å². The molecule has 0 unspecified atom stereocenters. The largest absolute Gasteiger partial charge is 1.00 e. The van der Waals surface area contributed by atoms with Gasteiger partial charge in [-0.15, -0.1) is 0 Å². The molecule has 0 aliphatic carbocycles. The Morgan fingerprint density at radius 2 is 2.13 bits per heavy atom. The minimum absolute atomic E-state index is 0. The standard InChI is InChI=1S/C10H9FN3.K/c1-2-10-12-7-13-14(10)9-6-4-3-5-8(9)11;/h3-6H,2H2,1H3;/q-1;+1. The second kappa shape index (κ2) is 5.86. The maximum atomic E-state index is 13.4. The molecule has 5 heteroatoms. The minimum atomic E-state index is -0.305. The Morgan fingerprint density at radius 1 is 1.40 bits per heavy atom. The predicted octanol–water partition coefficient (Wildman–Crippen LogP) is -1.23. The number of nitrogens with zero attached hydrogens (tertiary/aromatic N) is 3. The molecule has 0 bridgehead atoms. The number of hydrogen-bond donors (Lipinski definition) is 0. The predicted molar refractivity (Wildman–Crippen MR) is 49.5 cm³/mol. The smallest absolute Gasteiger partial charge is 0.417 e. The third-order valence-corrected chi connectivity index (χ3v) is 1.97. The fourth-order valence-corrected chi connectivity index (χ4v) is 1.28. The van der Waals surface area contributed by atoms with E-state index in [9.17, 15) is 4.39 Å². The molecule has 0 saturated carbocycles. The number of hydrogen-bond acceptors (Lipinski definition) is 2. The molecule has 0 N–H and O–H groups in total. The normalized spacial score (nSPS) is 9.73. The van der Waals surface area contributed by atoms with Crippen molar-refractivity contribution in [1.82, 2.24) is 14.8 Å². The van der Waals surface area contributed by atoms with E-state index in [1.807, 2.05) is 6.92 Å². The summed E-state index contributed by atoms with van der Waals surface area (Å²) in [6.07, 6.45) is 3.17. The van der Waals surface area contributed by atoms with Gasteiger partial charge in [0.25, 0.3) is 0 Å². The van der Waals surface area contributed by atoms with Crippen molar-refractivity contribution in [2.24, 2.45) is 0 Å². The van der Waals surface area contributed by atoms with Crippen molar-refractivity contribution in [1.29, 1.82) is 0 Å². The number of halogens is 1. The molecule has 1 heterocycles. The molecule has 3 nitrogen and oxygen atoms in total. The summed E-state index contributed by atoms with van der Waals surface area (Å²) in [6.45, 7) is 1.94. The van der Waals surface area contributed by atoms with Crippen LogP contribution in [-0.4, -0.2) is 14.8 Å². The Kier molecular flexibility index (Phi) is 5.08. The molecular weight excluding hydrogens is 220 g/mol. The van der Waals surface area contributed by atoms with Crippen LogP contribution in [0, 0.1) is 12.1 Å². The zero-order chi connectivity index (χ0) is 9.97. The SMILES string of the molecule is CCc1n[c-]nn1-c1ccccc1F.[K+]. The summed E-state index contributed by atoms with van der Waals surface area (Å²) in [5.41, 5.74) is 0.415. The summed E-state index contributed by atoms with van der Waals surface area (Å²) >= 11 is 0. The Labute approximate surface area is 130 Å². The average Bonchev–Trinajstić information content (AvgIpc) is 2.66. The van der Waals surface area contributed by atoms with E-state index in [0.717, 1.165) is 0 Å². The third kappa shape index (κ3) is 2.73. The van der Waals surface area contributed by atoms with Gasteiger partial charge in [-0.05, 0) is 24.3 Å². The van der Waals surface area contributed by atoms with Gasteiger partial charge in [0, 0.05) is 0 Å². The van der Waals surface area contributed by atoms with Crippen LogP contribution in [0.2, 0.25) is 0 Å². The van der Waals surface area contributed by atoms with Crippen LogP contribution >= 0.6 is 0 Å². The van der Waals surface area contributed by atoms with Crippen LogP contribution in [0.5, 0.6) is 0 Å². The van der Waals surface area contributed by atoms with Crippen LogP contribution in [-0.2, 0) is 6.42 Å². The Bertz CT molecular complexity index is 442. The molecule has 1 aromatic carbocycles. The molecule has 0 aliphatic rings. The Balaban J connectivity index is 0.00000112. The second-order valence-electron chi connectivity index (χ2n) is 2.84. The first-order chi connectivity index (χ1) is 6.83. The van der Waals surface area contributed by atoms with Gasteiger partial charge in [0.05, 0.1) is 5.69 Å². The molecule has 0 aliphatic heterocycles. The molecule has 1 aromatic heterocycles. The van der Waals surface area contributed by atoms with Crippen molar-refractivity contribution in [3.63, 3.8) is 0 Å². The van der Waals surface area contributed by atoms with Gasteiger partial charge < -0.3 is 9.67 Å². The van der Waals surface area contributed by atoms with E-state index in [4.69, 9.17) is 0 Å². The van der Waals surface area contributed by atoms with Crippen LogP contribution < -0.4 is 51.4 Å². The summed E-state index contributed by atoms with van der Waals surface area (Å²) in [4.78, 5) is 3.91. The molecule has 0 saturated heterocycles. The van der Waals surface area contributed by atoms with E-state index >= 15 is 0 Å². The van der Waals surface area contributed by atoms with Gasteiger partial charge in [0.2, 0.25) is 0 Å². The van der Waals surface area contributed by atoms with E-state index in [1.54, 1.807) is 18.2 Å². The molecule has 72 valence electrons. The molecule has 0 atom stereocenters. The number of rotatable bonds is 2. The first kappa shape index (κ1) is 13.0. The summed E-state index contributed by atoms with van der Waals surface area (Å²) in [6, 6.07) is 6.47. The molecule has 0 fully saturated rings. The number of aryl methyl sites for hydroxylation is 1. The third-order valence-electron chi connectivity index (χ3n) is 1.97. The van der Waals surface area contributed by atoms with Crippen molar-refractivity contribution < 1.29 is 55.8 Å². The summed E-state index contributed by atoms with van der Waals surface area (Å²) in [5, 5.41) is 3.86. The molecule has 15 heavy (non-hydrogen) atoms. The van der Waals surface area contributed by atoms with E-state index < -0.39 is 0 Å². The van der Waals surface area contributed by atoms with Crippen LogP contribution in [0.25, 0.3) is 5.69 Å². The average molecular weight is 229 g/mol. The molecule has 0 spiro atoms. The number of benzene rings is 1. The molecule has 2 rings (SSSR count). The van der Waals surface area contributed by atoms with Gasteiger partial charge in [-0.25, -0.2) is 4.39 Å². The fraction of sp³-hybridized carbons (Fsp3) is 0.200. The van der Waals surface area contributed by atoms with Gasteiger partial charge in [-0.3, -0.25) is 5.10 Å². The Morgan fingerprint density at radius 3 is 2.80 bits per heavy atom. The van der Waals surface area contributed by atoms with Gasteiger partial charge >= 0.3 is 51.4 Å². The zero-order valence-electron chi connectivity index (χ0n) is 8.74. The Hall–Kier alpha value is -0.0736. The van der Waals surface area contributed by atoms with E-state index in [-0.39, 0.29) is 57.2 Å². The number of para-hydroxylation sites is 1. The van der Waals surface area contributed by atoms with Crippen molar-refractivity contribution >= 4 is 0 Å². The van der Waals surface area contributed by atoms with Gasteiger partial charge in [0.15, 0.2) is 0 Å². The summed E-state index contributed by atoms with van der Waals surface area (Å²) < 4.78 is 14.8.